The number of benzene rings is 1. The quantitative estimate of drug-likeness (QED) is 0.888. The summed E-state index contributed by atoms with van der Waals surface area (Å²) < 4.78 is 0. The van der Waals surface area contributed by atoms with Gasteiger partial charge in [0.1, 0.15) is 0 Å². The summed E-state index contributed by atoms with van der Waals surface area (Å²) in [6.45, 7) is 0.379. The lowest BCUT2D eigenvalue weighted by Crippen LogP contribution is -2.32. The molecule has 1 aromatic heterocycles. The van der Waals surface area contributed by atoms with E-state index in [0.29, 0.717) is 23.7 Å². The number of amides is 2. The van der Waals surface area contributed by atoms with Gasteiger partial charge in [0.05, 0.1) is 12.2 Å². The maximum Gasteiger partial charge on any atom is 0.251 e. The first-order valence-electron chi connectivity index (χ1n) is 8.31. The lowest BCUT2D eigenvalue weighted by Gasteiger charge is -2.12. The molecule has 2 aromatic rings. The Hall–Kier alpha value is -2.69. The van der Waals surface area contributed by atoms with Crippen molar-refractivity contribution < 1.29 is 9.59 Å². The lowest BCUT2D eigenvalue weighted by atomic mass is 10.1. The van der Waals surface area contributed by atoms with Gasteiger partial charge in [0, 0.05) is 23.4 Å². The van der Waals surface area contributed by atoms with Crippen LogP contribution in [0.4, 0.5) is 0 Å². The van der Waals surface area contributed by atoms with Crippen LogP contribution >= 0.6 is 0 Å². The number of aromatic nitrogens is 1. The molecule has 24 heavy (non-hydrogen) atoms. The number of carbonyl (C=O) groups excluding carboxylic acids is 2. The van der Waals surface area contributed by atoms with Crippen molar-refractivity contribution in [3.8, 4) is 0 Å². The van der Waals surface area contributed by atoms with Crippen molar-refractivity contribution in [3.63, 3.8) is 0 Å². The van der Waals surface area contributed by atoms with Crippen molar-refractivity contribution in [2.24, 2.45) is 0 Å². The van der Waals surface area contributed by atoms with Gasteiger partial charge in [0.2, 0.25) is 0 Å². The summed E-state index contributed by atoms with van der Waals surface area (Å²) in [4.78, 5) is 28.5. The Balaban J connectivity index is 1.55. The number of rotatable bonds is 5. The standard InChI is InChI=1S/C19H21N3O2/c23-18(21-13-17-7-3-4-12-20-17)14-8-10-15(11-9-14)19(24)22-16-5-1-2-6-16/h3-4,7-12,16H,1-2,5-6,13H2,(H,21,23)(H,22,24). The maximum atomic E-state index is 12.2. The molecule has 1 saturated carbocycles. The Labute approximate surface area is 141 Å². The highest BCUT2D eigenvalue weighted by Crippen LogP contribution is 2.18. The Kier molecular flexibility index (Phi) is 5.21. The van der Waals surface area contributed by atoms with E-state index >= 15 is 0 Å². The summed E-state index contributed by atoms with van der Waals surface area (Å²) in [7, 11) is 0. The van der Waals surface area contributed by atoms with Crippen LogP contribution in [0.3, 0.4) is 0 Å². The van der Waals surface area contributed by atoms with Crippen LogP contribution in [0.15, 0.2) is 48.7 Å². The van der Waals surface area contributed by atoms with E-state index in [4.69, 9.17) is 0 Å². The van der Waals surface area contributed by atoms with Crippen LogP contribution in [0.1, 0.15) is 52.1 Å². The van der Waals surface area contributed by atoms with E-state index in [-0.39, 0.29) is 11.8 Å². The molecule has 1 fully saturated rings. The minimum atomic E-state index is -0.177. The summed E-state index contributed by atoms with van der Waals surface area (Å²) in [6.07, 6.45) is 6.17. The van der Waals surface area contributed by atoms with Crippen LogP contribution in [0, 0.1) is 0 Å². The maximum absolute atomic E-state index is 12.2. The van der Waals surface area contributed by atoms with Gasteiger partial charge < -0.3 is 10.6 Å². The molecular formula is C19H21N3O2. The Morgan fingerprint density at radius 2 is 1.62 bits per heavy atom. The Bertz CT molecular complexity index is 692. The van der Waals surface area contributed by atoms with Crippen LogP contribution in [-0.4, -0.2) is 22.8 Å². The largest absolute Gasteiger partial charge is 0.349 e. The molecule has 0 bridgehead atoms. The van der Waals surface area contributed by atoms with E-state index in [1.807, 2.05) is 18.2 Å². The molecule has 0 atom stereocenters. The van der Waals surface area contributed by atoms with Crippen LogP contribution in [0.2, 0.25) is 0 Å². The van der Waals surface area contributed by atoms with Crippen LogP contribution < -0.4 is 10.6 Å². The first kappa shape index (κ1) is 16.2. The molecule has 1 heterocycles. The van der Waals surface area contributed by atoms with Gasteiger partial charge in [-0.3, -0.25) is 14.6 Å². The SMILES string of the molecule is O=C(NCc1ccccn1)c1ccc(C(=O)NC2CCCC2)cc1. The predicted molar refractivity (Wildman–Crippen MR) is 91.6 cm³/mol. The van der Waals surface area contributed by atoms with Gasteiger partial charge in [-0.2, -0.15) is 0 Å². The van der Waals surface area contributed by atoms with E-state index in [1.54, 1.807) is 30.5 Å². The fraction of sp³-hybridized carbons (Fsp3) is 0.316. The summed E-state index contributed by atoms with van der Waals surface area (Å²) >= 11 is 0. The number of nitrogens with one attached hydrogen (secondary N) is 2. The van der Waals surface area contributed by atoms with E-state index in [1.165, 1.54) is 12.8 Å². The molecule has 3 rings (SSSR count). The zero-order valence-corrected chi connectivity index (χ0v) is 13.5. The fourth-order valence-corrected chi connectivity index (χ4v) is 2.89. The van der Waals surface area contributed by atoms with E-state index in [2.05, 4.69) is 15.6 Å². The summed E-state index contributed by atoms with van der Waals surface area (Å²) in [5.41, 5.74) is 1.92. The van der Waals surface area contributed by atoms with Crippen molar-refractivity contribution in [3.05, 3.63) is 65.5 Å². The zero-order chi connectivity index (χ0) is 16.8. The molecule has 1 aliphatic carbocycles. The van der Waals surface area contributed by atoms with Crippen LogP contribution in [0.5, 0.6) is 0 Å². The number of hydrogen-bond acceptors (Lipinski definition) is 3. The number of pyridine rings is 1. The second kappa shape index (κ2) is 7.73. The molecule has 0 spiro atoms. The second-order valence-electron chi connectivity index (χ2n) is 6.04. The van der Waals surface area contributed by atoms with E-state index in [9.17, 15) is 9.59 Å². The number of nitrogens with zero attached hydrogens (tertiary/aromatic N) is 1. The first-order valence-corrected chi connectivity index (χ1v) is 8.31. The monoisotopic (exact) mass is 323 g/mol. The van der Waals surface area contributed by atoms with Crippen molar-refractivity contribution >= 4 is 11.8 Å². The summed E-state index contributed by atoms with van der Waals surface area (Å²) in [5.74, 6) is -0.245. The second-order valence-corrected chi connectivity index (χ2v) is 6.04. The zero-order valence-electron chi connectivity index (χ0n) is 13.5. The highest BCUT2D eigenvalue weighted by atomic mass is 16.2. The Morgan fingerprint density at radius 1 is 0.958 bits per heavy atom. The molecular weight excluding hydrogens is 302 g/mol. The molecule has 0 unspecified atom stereocenters. The fourth-order valence-electron chi connectivity index (χ4n) is 2.89. The minimum absolute atomic E-state index is 0.0673. The molecule has 1 aromatic carbocycles. The van der Waals surface area contributed by atoms with Gasteiger partial charge in [0.15, 0.2) is 0 Å². The van der Waals surface area contributed by atoms with Gasteiger partial charge in [-0.15, -0.1) is 0 Å². The molecule has 5 heteroatoms. The first-order chi connectivity index (χ1) is 11.7. The highest BCUT2D eigenvalue weighted by Gasteiger charge is 2.18. The van der Waals surface area contributed by atoms with Crippen LogP contribution in [-0.2, 0) is 6.54 Å². The van der Waals surface area contributed by atoms with Crippen molar-refractivity contribution in [1.82, 2.24) is 15.6 Å². The van der Waals surface area contributed by atoms with Crippen LogP contribution in [0.25, 0.3) is 0 Å². The average Bonchev–Trinajstić information content (AvgIpc) is 3.13. The third-order valence-corrected chi connectivity index (χ3v) is 4.26. The number of hydrogen-bond donors (Lipinski definition) is 2. The minimum Gasteiger partial charge on any atom is -0.349 e. The molecule has 0 radical (unpaired) electrons. The highest BCUT2D eigenvalue weighted by molar-refractivity contribution is 5.97. The van der Waals surface area contributed by atoms with E-state index < -0.39 is 0 Å². The van der Waals surface area contributed by atoms with Crippen molar-refractivity contribution in [2.75, 3.05) is 0 Å². The molecule has 124 valence electrons. The molecule has 5 nitrogen and oxygen atoms in total. The number of carbonyl (C=O) groups is 2. The third-order valence-electron chi connectivity index (χ3n) is 4.26. The average molecular weight is 323 g/mol. The topological polar surface area (TPSA) is 71.1 Å². The van der Waals surface area contributed by atoms with Crippen molar-refractivity contribution in [1.29, 1.82) is 0 Å². The van der Waals surface area contributed by atoms with Gasteiger partial charge in [-0.25, -0.2) is 0 Å². The third kappa shape index (κ3) is 4.19. The van der Waals surface area contributed by atoms with Crippen molar-refractivity contribution in [2.45, 2.75) is 38.3 Å². The van der Waals surface area contributed by atoms with Gasteiger partial charge >= 0.3 is 0 Å². The predicted octanol–water partition coefficient (Wildman–Crippen LogP) is 2.68. The smallest absolute Gasteiger partial charge is 0.251 e. The molecule has 2 N–H and O–H groups in total. The van der Waals surface area contributed by atoms with Gasteiger partial charge in [-0.05, 0) is 49.2 Å². The normalized spacial score (nSPS) is 14.3. The molecule has 1 aliphatic rings. The van der Waals surface area contributed by atoms with Gasteiger partial charge in [-0.1, -0.05) is 18.9 Å². The van der Waals surface area contributed by atoms with Gasteiger partial charge in [0.25, 0.3) is 11.8 Å². The molecule has 0 saturated heterocycles. The molecule has 0 aliphatic heterocycles. The summed E-state index contributed by atoms with van der Waals surface area (Å²) in [6, 6.07) is 12.6. The lowest BCUT2D eigenvalue weighted by molar-refractivity contribution is 0.0930. The van der Waals surface area contributed by atoms with E-state index in [0.717, 1.165) is 18.5 Å². The summed E-state index contributed by atoms with van der Waals surface area (Å²) in [5, 5.41) is 5.86. The molecule has 2 amide bonds. The Morgan fingerprint density at radius 3 is 2.25 bits per heavy atom.